The van der Waals surface area contributed by atoms with E-state index in [0.29, 0.717) is 4.75 Å². The molecule has 0 bridgehead atoms. The molecule has 1 aliphatic heterocycles. The van der Waals surface area contributed by atoms with Crippen LogP contribution in [0.15, 0.2) is 4.99 Å². The van der Waals surface area contributed by atoms with Crippen molar-refractivity contribution < 1.29 is 0 Å². The van der Waals surface area contributed by atoms with Crippen LogP contribution in [0.5, 0.6) is 0 Å². The maximum absolute atomic E-state index is 4.28. The van der Waals surface area contributed by atoms with Gasteiger partial charge in [-0.15, -0.1) is 24.0 Å². The van der Waals surface area contributed by atoms with Gasteiger partial charge < -0.3 is 10.6 Å². The minimum Gasteiger partial charge on any atom is -0.356 e. The molecule has 3 nitrogen and oxygen atoms in total. The maximum atomic E-state index is 4.28. The maximum Gasteiger partial charge on any atom is 0.191 e. The van der Waals surface area contributed by atoms with Crippen LogP contribution in [-0.2, 0) is 0 Å². The highest BCUT2D eigenvalue weighted by Gasteiger charge is 2.29. The van der Waals surface area contributed by atoms with Gasteiger partial charge in [0.15, 0.2) is 5.96 Å². The highest BCUT2D eigenvalue weighted by Crippen LogP contribution is 2.36. The van der Waals surface area contributed by atoms with E-state index in [-0.39, 0.29) is 24.0 Å². The molecule has 1 saturated heterocycles. The van der Waals surface area contributed by atoms with Gasteiger partial charge in [0.25, 0.3) is 0 Å². The van der Waals surface area contributed by atoms with Gasteiger partial charge in [0.2, 0.25) is 0 Å². The molecule has 0 spiro atoms. The van der Waals surface area contributed by atoms with E-state index in [2.05, 4.69) is 48.2 Å². The van der Waals surface area contributed by atoms with Crippen molar-refractivity contribution in [3.8, 4) is 0 Å². The first-order valence-electron chi connectivity index (χ1n) is 7.14. The molecule has 1 heterocycles. The van der Waals surface area contributed by atoms with Gasteiger partial charge >= 0.3 is 0 Å². The number of halogens is 1. The number of thioether (sulfide) groups is 1. The standard InChI is InChI=1S/C14H29N3S.HI/c1-12(2)7-5-9-16-13(15-4)17-11-14(3)8-6-10-18-14;/h12H,5-11H2,1-4H3,(H2,15,16,17);1H. The van der Waals surface area contributed by atoms with Gasteiger partial charge in [-0.2, -0.15) is 11.8 Å². The second-order valence-electron chi connectivity index (χ2n) is 5.79. The number of rotatable bonds is 6. The molecule has 0 aromatic heterocycles. The zero-order valence-corrected chi connectivity index (χ0v) is 15.9. The van der Waals surface area contributed by atoms with Gasteiger partial charge in [-0.1, -0.05) is 13.8 Å². The molecular formula is C14H30IN3S. The molecule has 1 unspecified atom stereocenters. The van der Waals surface area contributed by atoms with E-state index in [1.54, 1.807) is 0 Å². The van der Waals surface area contributed by atoms with E-state index in [9.17, 15) is 0 Å². The Labute approximate surface area is 140 Å². The molecule has 1 aliphatic rings. The van der Waals surface area contributed by atoms with E-state index in [1.807, 2.05) is 7.05 Å². The average molecular weight is 399 g/mol. The van der Waals surface area contributed by atoms with Crippen molar-refractivity contribution in [1.29, 1.82) is 0 Å². The molecule has 2 N–H and O–H groups in total. The summed E-state index contributed by atoms with van der Waals surface area (Å²) in [6.07, 6.45) is 5.15. The zero-order valence-electron chi connectivity index (χ0n) is 12.8. The normalized spacial score (nSPS) is 23.3. The Balaban J connectivity index is 0.00000324. The smallest absolute Gasteiger partial charge is 0.191 e. The van der Waals surface area contributed by atoms with Crippen molar-refractivity contribution in [2.75, 3.05) is 25.9 Å². The van der Waals surface area contributed by atoms with Crippen molar-refractivity contribution in [3.63, 3.8) is 0 Å². The number of hydrogen-bond donors (Lipinski definition) is 2. The summed E-state index contributed by atoms with van der Waals surface area (Å²) >= 11 is 2.08. The van der Waals surface area contributed by atoms with Crippen LogP contribution in [-0.4, -0.2) is 36.6 Å². The average Bonchev–Trinajstić information content (AvgIpc) is 2.75. The Morgan fingerprint density at radius 2 is 2.11 bits per heavy atom. The summed E-state index contributed by atoms with van der Waals surface area (Å²) in [5.74, 6) is 3.04. The highest BCUT2D eigenvalue weighted by atomic mass is 127. The van der Waals surface area contributed by atoms with Crippen LogP contribution < -0.4 is 10.6 Å². The van der Waals surface area contributed by atoms with E-state index in [4.69, 9.17) is 0 Å². The van der Waals surface area contributed by atoms with Gasteiger partial charge in [0, 0.05) is 24.9 Å². The Bertz CT molecular complexity index is 263. The molecule has 114 valence electrons. The summed E-state index contributed by atoms with van der Waals surface area (Å²) in [6.45, 7) is 8.92. The van der Waals surface area contributed by atoms with E-state index < -0.39 is 0 Å². The fraction of sp³-hybridized carbons (Fsp3) is 0.929. The SMILES string of the molecule is CN=C(NCCCC(C)C)NCC1(C)CCCS1.I. The molecule has 0 aliphatic carbocycles. The van der Waals surface area contributed by atoms with Crippen LogP contribution in [0, 0.1) is 5.92 Å². The fourth-order valence-electron chi connectivity index (χ4n) is 2.18. The Morgan fingerprint density at radius 3 is 2.63 bits per heavy atom. The van der Waals surface area contributed by atoms with E-state index in [0.717, 1.165) is 25.0 Å². The number of nitrogens with one attached hydrogen (secondary N) is 2. The predicted octanol–water partition coefficient (Wildman–Crippen LogP) is 3.49. The molecule has 19 heavy (non-hydrogen) atoms. The molecule has 0 amide bonds. The lowest BCUT2D eigenvalue weighted by Crippen LogP contribution is -2.43. The van der Waals surface area contributed by atoms with Crippen molar-refractivity contribution in [2.45, 2.75) is 51.2 Å². The summed E-state index contributed by atoms with van der Waals surface area (Å²) in [5.41, 5.74) is 0. The number of nitrogens with zero attached hydrogens (tertiary/aromatic N) is 1. The van der Waals surface area contributed by atoms with E-state index in [1.165, 1.54) is 31.4 Å². The lowest BCUT2D eigenvalue weighted by Gasteiger charge is -2.24. The van der Waals surface area contributed by atoms with Gasteiger partial charge in [0.1, 0.15) is 0 Å². The summed E-state index contributed by atoms with van der Waals surface area (Å²) in [4.78, 5) is 4.28. The largest absolute Gasteiger partial charge is 0.356 e. The molecule has 0 aromatic carbocycles. The van der Waals surface area contributed by atoms with Gasteiger partial charge in [0.05, 0.1) is 0 Å². The molecule has 0 aromatic rings. The summed E-state index contributed by atoms with van der Waals surface area (Å²) in [6, 6.07) is 0. The van der Waals surface area contributed by atoms with Gasteiger partial charge in [-0.25, -0.2) is 0 Å². The quantitative estimate of drug-likeness (QED) is 0.311. The zero-order chi connectivity index (χ0) is 13.4. The van der Waals surface area contributed by atoms with Crippen LogP contribution in [0.3, 0.4) is 0 Å². The summed E-state index contributed by atoms with van der Waals surface area (Å²) in [5, 5.41) is 6.85. The molecule has 1 rings (SSSR count). The molecule has 0 saturated carbocycles. The van der Waals surface area contributed by atoms with Crippen molar-refractivity contribution >= 4 is 41.7 Å². The molecule has 1 fully saturated rings. The van der Waals surface area contributed by atoms with Crippen LogP contribution in [0.4, 0.5) is 0 Å². The van der Waals surface area contributed by atoms with Crippen LogP contribution in [0.2, 0.25) is 0 Å². The van der Waals surface area contributed by atoms with Crippen molar-refractivity contribution in [2.24, 2.45) is 10.9 Å². The second kappa shape index (κ2) is 10.1. The number of guanidine groups is 1. The minimum absolute atomic E-state index is 0. The summed E-state index contributed by atoms with van der Waals surface area (Å²) in [7, 11) is 1.85. The first-order chi connectivity index (χ1) is 8.56. The Morgan fingerprint density at radius 1 is 1.37 bits per heavy atom. The molecule has 5 heteroatoms. The Hall–Kier alpha value is 0.350. The highest BCUT2D eigenvalue weighted by molar-refractivity contribution is 14.0. The first-order valence-corrected chi connectivity index (χ1v) is 8.13. The number of hydrogen-bond acceptors (Lipinski definition) is 2. The van der Waals surface area contributed by atoms with Crippen LogP contribution in [0.25, 0.3) is 0 Å². The first kappa shape index (κ1) is 19.4. The topological polar surface area (TPSA) is 36.4 Å². The lowest BCUT2D eigenvalue weighted by molar-refractivity contribution is 0.545. The minimum atomic E-state index is 0. The fourth-order valence-corrected chi connectivity index (χ4v) is 3.43. The molecular weight excluding hydrogens is 369 g/mol. The lowest BCUT2D eigenvalue weighted by atomic mass is 10.1. The monoisotopic (exact) mass is 399 g/mol. The van der Waals surface area contributed by atoms with E-state index >= 15 is 0 Å². The molecule has 0 radical (unpaired) electrons. The van der Waals surface area contributed by atoms with Crippen molar-refractivity contribution in [3.05, 3.63) is 0 Å². The van der Waals surface area contributed by atoms with Crippen LogP contribution >= 0.6 is 35.7 Å². The third-order valence-corrected chi connectivity index (χ3v) is 4.94. The summed E-state index contributed by atoms with van der Waals surface area (Å²) < 4.78 is 0.398. The predicted molar refractivity (Wildman–Crippen MR) is 98.9 cm³/mol. The second-order valence-corrected chi connectivity index (χ2v) is 7.47. The van der Waals surface area contributed by atoms with Crippen molar-refractivity contribution in [1.82, 2.24) is 10.6 Å². The number of aliphatic imine (C=N–C) groups is 1. The van der Waals surface area contributed by atoms with Gasteiger partial charge in [-0.05, 0) is 44.3 Å². The molecule has 1 atom stereocenters. The third-order valence-electron chi connectivity index (χ3n) is 3.40. The van der Waals surface area contributed by atoms with Gasteiger partial charge in [-0.3, -0.25) is 4.99 Å². The third kappa shape index (κ3) is 8.27. The van der Waals surface area contributed by atoms with Crippen LogP contribution in [0.1, 0.15) is 46.5 Å². The Kier molecular flexibility index (Phi) is 10.3.